The second-order valence-electron chi connectivity index (χ2n) is 5.49. The van der Waals surface area contributed by atoms with E-state index in [0.717, 1.165) is 32.5 Å². The van der Waals surface area contributed by atoms with E-state index in [1.165, 1.54) is 0 Å². The third-order valence-electron chi connectivity index (χ3n) is 2.98. The van der Waals surface area contributed by atoms with Crippen molar-refractivity contribution in [1.82, 2.24) is 4.90 Å². The zero-order valence-electron chi connectivity index (χ0n) is 11.7. The number of carbonyl (C=O) groups excluding carboxylic acids is 1. The standard InChI is InChI=1S/C13H26N2O2.ClH/c1-10(2)9-17-12-6-7-15(8-12)13(16)5-4-11(3)14;/h10-12H,4-9,14H2,1-3H3;1H. The summed E-state index contributed by atoms with van der Waals surface area (Å²) in [5, 5.41) is 0. The van der Waals surface area contributed by atoms with Gasteiger partial charge in [-0.3, -0.25) is 4.79 Å². The Morgan fingerprint density at radius 3 is 2.67 bits per heavy atom. The Hall–Kier alpha value is -0.320. The van der Waals surface area contributed by atoms with Crippen LogP contribution in [0.4, 0.5) is 0 Å². The summed E-state index contributed by atoms with van der Waals surface area (Å²) in [5.74, 6) is 0.774. The molecule has 1 aliphatic rings. The van der Waals surface area contributed by atoms with E-state index >= 15 is 0 Å². The second-order valence-corrected chi connectivity index (χ2v) is 5.49. The number of ether oxygens (including phenoxy) is 1. The predicted molar refractivity (Wildman–Crippen MR) is 75.9 cm³/mol. The third-order valence-corrected chi connectivity index (χ3v) is 2.98. The lowest BCUT2D eigenvalue weighted by Gasteiger charge is -2.18. The van der Waals surface area contributed by atoms with Gasteiger partial charge < -0.3 is 15.4 Å². The lowest BCUT2D eigenvalue weighted by molar-refractivity contribution is -0.130. The van der Waals surface area contributed by atoms with Crippen molar-refractivity contribution in [2.75, 3.05) is 19.7 Å². The van der Waals surface area contributed by atoms with Crippen LogP contribution in [0.2, 0.25) is 0 Å². The Morgan fingerprint density at radius 1 is 1.44 bits per heavy atom. The van der Waals surface area contributed by atoms with Crippen LogP contribution < -0.4 is 5.73 Å². The van der Waals surface area contributed by atoms with Gasteiger partial charge in [0.1, 0.15) is 0 Å². The molecule has 4 nitrogen and oxygen atoms in total. The molecule has 0 aliphatic carbocycles. The van der Waals surface area contributed by atoms with Crippen LogP contribution in [-0.2, 0) is 9.53 Å². The van der Waals surface area contributed by atoms with Crippen molar-refractivity contribution < 1.29 is 9.53 Å². The molecule has 108 valence electrons. The van der Waals surface area contributed by atoms with Crippen LogP contribution in [0.5, 0.6) is 0 Å². The number of hydrogen-bond donors (Lipinski definition) is 1. The SMILES string of the molecule is CC(C)COC1CCN(C(=O)CCC(C)N)C1.Cl. The Labute approximate surface area is 117 Å². The van der Waals surface area contributed by atoms with E-state index in [1.54, 1.807) is 0 Å². The number of nitrogens with zero attached hydrogens (tertiary/aromatic N) is 1. The molecule has 0 aromatic rings. The van der Waals surface area contributed by atoms with Crippen molar-refractivity contribution in [1.29, 1.82) is 0 Å². The minimum Gasteiger partial charge on any atom is -0.376 e. The summed E-state index contributed by atoms with van der Waals surface area (Å²) in [4.78, 5) is 13.8. The Bertz CT molecular complexity index is 247. The molecule has 1 heterocycles. The molecule has 1 rings (SSSR count). The summed E-state index contributed by atoms with van der Waals surface area (Å²) >= 11 is 0. The van der Waals surface area contributed by atoms with E-state index in [4.69, 9.17) is 10.5 Å². The summed E-state index contributed by atoms with van der Waals surface area (Å²) in [6.45, 7) is 8.59. The van der Waals surface area contributed by atoms with Crippen LogP contribution in [-0.4, -0.2) is 42.6 Å². The molecule has 0 aromatic heterocycles. The highest BCUT2D eigenvalue weighted by molar-refractivity contribution is 5.85. The van der Waals surface area contributed by atoms with Crippen molar-refractivity contribution in [3.8, 4) is 0 Å². The number of hydrogen-bond acceptors (Lipinski definition) is 3. The summed E-state index contributed by atoms with van der Waals surface area (Å²) < 4.78 is 5.75. The van der Waals surface area contributed by atoms with Crippen molar-refractivity contribution in [3.63, 3.8) is 0 Å². The normalized spacial score (nSPS) is 20.9. The fourth-order valence-electron chi connectivity index (χ4n) is 1.93. The van der Waals surface area contributed by atoms with E-state index in [1.807, 2.05) is 11.8 Å². The minimum absolute atomic E-state index is 0. The molecule has 2 N–H and O–H groups in total. The highest BCUT2D eigenvalue weighted by Crippen LogP contribution is 2.15. The van der Waals surface area contributed by atoms with E-state index in [9.17, 15) is 4.79 Å². The Kier molecular flexibility index (Phi) is 8.57. The van der Waals surface area contributed by atoms with Crippen molar-refractivity contribution in [2.24, 2.45) is 11.7 Å². The maximum absolute atomic E-state index is 11.8. The van der Waals surface area contributed by atoms with E-state index in [-0.39, 0.29) is 30.5 Å². The highest BCUT2D eigenvalue weighted by Gasteiger charge is 2.26. The number of rotatable bonds is 6. The van der Waals surface area contributed by atoms with E-state index in [2.05, 4.69) is 13.8 Å². The smallest absolute Gasteiger partial charge is 0.222 e. The van der Waals surface area contributed by atoms with Gasteiger partial charge in [-0.2, -0.15) is 0 Å². The first-order valence-corrected chi connectivity index (χ1v) is 6.64. The van der Waals surface area contributed by atoms with Gasteiger partial charge in [-0.15, -0.1) is 12.4 Å². The van der Waals surface area contributed by atoms with Crippen LogP contribution in [0.3, 0.4) is 0 Å². The molecule has 1 saturated heterocycles. The summed E-state index contributed by atoms with van der Waals surface area (Å²) in [6, 6.07) is 0.106. The van der Waals surface area contributed by atoms with Gasteiger partial charge in [0.2, 0.25) is 5.91 Å². The minimum atomic E-state index is 0. The van der Waals surface area contributed by atoms with Gasteiger partial charge >= 0.3 is 0 Å². The quantitative estimate of drug-likeness (QED) is 0.806. The van der Waals surface area contributed by atoms with Crippen molar-refractivity contribution >= 4 is 18.3 Å². The molecule has 2 unspecified atom stereocenters. The average molecular weight is 279 g/mol. The zero-order chi connectivity index (χ0) is 12.8. The monoisotopic (exact) mass is 278 g/mol. The van der Waals surface area contributed by atoms with Crippen LogP contribution in [0, 0.1) is 5.92 Å². The van der Waals surface area contributed by atoms with Gasteiger partial charge in [-0.25, -0.2) is 0 Å². The first-order chi connectivity index (χ1) is 7.99. The highest BCUT2D eigenvalue weighted by atomic mass is 35.5. The topological polar surface area (TPSA) is 55.6 Å². The fourth-order valence-corrected chi connectivity index (χ4v) is 1.93. The molecule has 0 bridgehead atoms. The third kappa shape index (κ3) is 6.57. The maximum Gasteiger partial charge on any atom is 0.222 e. The van der Waals surface area contributed by atoms with Gasteiger partial charge in [0.15, 0.2) is 0 Å². The second kappa shape index (κ2) is 8.73. The van der Waals surface area contributed by atoms with Gasteiger partial charge in [0.25, 0.3) is 0 Å². The van der Waals surface area contributed by atoms with E-state index < -0.39 is 0 Å². The van der Waals surface area contributed by atoms with Crippen LogP contribution in [0.15, 0.2) is 0 Å². The van der Waals surface area contributed by atoms with Crippen molar-refractivity contribution in [2.45, 2.75) is 52.2 Å². The molecule has 1 fully saturated rings. The van der Waals surface area contributed by atoms with Gasteiger partial charge in [0, 0.05) is 32.2 Å². The summed E-state index contributed by atoms with van der Waals surface area (Å²) in [6.07, 6.45) is 2.54. The molecular weight excluding hydrogens is 252 g/mol. The molecule has 1 amide bonds. The largest absolute Gasteiger partial charge is 0.376 e. The first kappa shape index (κ1) is 17.7. The molecule has 0 saturated carbocycles. The predicted octanol–water partition coefficient (Wildman–Crippen LogP) is 1.81. The molecule has 5 heteroatoms. The number of nitrogens with two attached hydrogens (primary N) is 1. The first-order valence-electron chi connectivity index (χ1n) is 6.64. The fraction of sp³-hybridized carbons (Fsp3) is 0.923. The summed E-state index contributed by atoms with van der Waals surface area (Å²) in [7, 11) is 0. The maximum atomic E-state index is 11.8. The molecule has 2 atom stereocenters. The molecule has 1 aliphatic heterocycles. The lowest BCUT2D eigenvalue weighted by Crippen LogP contribution is -2.31. The van der Waals surface area contributed by atoms with Gasteiger partial charge in [-0.05, 0) is 25.7 Å². The van der Waals surface area contributed by atoms with Crippen LogP contribution in [0.1, 0.15) is 40.0 Å². The average Bonchev–Trinajstić information content (AvgIpc) is 2.71. The molecule has 0 aromatic carbocycles. The number of amides is 1. The Balaban J connectivity index is 0.00000289. The molecular formula is C13H27ClN2O2. The Morgan fingerprint density at radius 2 is 2.11 bits per heavy atom. The number of carbonyl (C=O) groups is 1. The van der Waals surface area contributed by atoms with Crippen LogP contribution in [0.25, 0.3) is 0 Å². The zero-order valence-corrected chi connectivity index (χ0v) is 12.5. The number of halogens is 1. The molecule has 0 spiro atoms. The van der Waals surface area contributed by atoms with E-state index in [0.29, 0.717) is 12.3 Å². The summed E-state index contributed by atoms with van der Waals surface area (Å²) in [5.41, 5.74) is 5.65. The molecule has 0 radical (unpaired) electrons. The molecule has 18 heavy (non-hydrogen) atoms. The number of likely N-dealkylation sites (tertiary alicyclic amines) is 1. The lowest BCUT2D eigenvalue weighted by atomic mass is 10.2. The van der Waals surface area contributed by atoms with Gasteiger partial charge in [-0.1, -0.05) is 13.8 Å². The van der Waals surface area contributed by atoms with Crippen LogP contribution >= 0.6 is 12.4 Å². The van der Waals surface area contributed by atoms with Gasteiger partial charge in [0.05, 0.1) is 6.10 Å². The van der Waals surface area contributed by atoms with Crippen molar-refractivity contribution in [3.05, 3.63) is 0 Å².